The van der Waals surface area contributed by atoms with E-state index < -0.39 is 0 Å². The molecule has 48 heavy (non-hydrogen) atoms. The molecule has 4 heteroatoms. The lowest BCUT2D eigenvalue weighted by Gasteiger charge is -2.42. The molecule has 6 aromatic carbocycles. The molecule has 0 atom stereocenters. The topological polar surface area (TPSA) is 24.3 Å². The van der Waals surface area contributed by atoms with Crippen LogP contribution in [-0.4, -0.2) is 9.55 Å². The summed E-state index contributed by atoms with van der Waals surface area (Å²) in [5, 5.41) is 2.36. The van der Waals surface area contributed by atoms with Gasteiger partial charge in [0.2, 0.25) is 0 Å². The van der Waals surface area contributed by atoms with Crippen molar-refractivity contribution >= 4 is 55.9 Å². The van der Waals surface area contributed by atoms with Gasteiger partial charge in [-0.2, -0.15) is 0 Å². The van der Waals surface area contributed by atoms with Gasteiger partial charge in [-0.25, -0.2) is 0 Å². The highest BCUT2D eigenvalue weighted by atomic mass is 15.2. The standard InChI is InChI=1S/C44H32N4/c1-44(2)35-17-9-10-18-38(35)46(31-13-5-3-6-14-31)39-22-21-29(26-36(39)44)30-25-33-34-28-45-24-23-37(34)48-41-20-12-11-19-40(41)47(42(27-30)43(33)48)32-15-7-4-8-16-32/h3-28H,1-2H3. The number of hydrogen-bond donors (Lipinski definition) is 0. The van der Waals surface area contributed by atoms with E-state index in [9.17, 15) is 0 Å². The van der Waals surface area contributed by atoms with E-state index in [1.54, 1.807) is 0 Å². The number of para-hydroxylation sites is 5. The molecule has 4 nitrogen and oxygen atoms in total. The van der Waals surface area contributed by atoms with Crippen molar-refractivity contribution in [1.82, 2.24) is 9.55 Å². The molecule has 8 aromatic rings. The smallest absolute Gasteiger partial charge is 0.0784 e. The van der Waals surface area contributed by atoms with Gasteiger partial charge in [0.15, 0.2) is 0 Å². The van der Waals surface area contributed by atoms with Crippen LogP contribution >= 0.6 is 0 Å². The number of fused-ring (bicyclic) bond motifs is 7. The van der Waals surface area contributed by atoms with Crippen LogP contribution in [0.5, 0.6) is 0 Å². The summed E-state index contributed by atoms with van der Waals surface area (Å²) in [7, 11) is 0. The molecule has 2 aliphatic heterocycles. The second-order valence-electron chi connectivity index (χ2n) is 13.3. The Bertz CT molecular complexity index is 2550. The highest BCUT2D eigenvalue weighted by molar-refractivity contribution is 6.17. The van der Waals surface area contributed by atoms with Gasteiger partial charge in [-0.3, -0.25) is 4.98 Å². The molecular formula is C44H32N4. The molecule has 0 N–H and O–H groups in total. The molecule has 0 spiro atoms. The fourth-order valence-corrected chi connectivity index (χ4v) is 8.12. The molecule has 228 valence electrons. The molecule has 0 aliphatic carbocycles. The van der Waals surface area contributed by atoms with E-state index in [0.29, 0.717) is 0 Å². The zero-order valence-electron chi connectivity index (χ0n) is 26.8. The lowest BCUT2D eigenvalue weighted by Crippen LogP contribution is -2.30. The van der Waals surface area contributed by atoms with Crippen LogP contribution in [0.15, 0.2) is 158 Å². The van der Waals surface area contributed by atoms with Crippen molar-refractivity contribution in [1.29, 1.82) is 0 Å². The lowest BCUT2D eigenvalue weighted by atomic mass is 9.73. The average molecular weight is 617 g/mol. The van der Waals surface area contributed by atoms with Gasteiger partial charge in [-0.05, 0) is 95.1 Å². The van der Waals surface area contributed by atoms with Gasteiger partial charge in [-0.1, -0.05) is 86.6 Å². The summed E-state index contributed by atoms with van der Waals surface area (Å²) in [5.74, 6) is 0. The minimum atomic E-state index is -0.194. The van der Waals surface area contributed by atoms with E-state index in [1.165, 1.54) is 55.7 Å². The van der Waals surface area contributed by atoms with Crippen LogP contribution in [0.4, 0.5) is 34.1 Å². The van der Waals surface area contributed by atoms with Gasteiger partial charge in [0.05, 0.1) is 39.5 Å². The fourth-order valence-electron chi connectivity index (χ4n) is 8.12. The molecular weight excluding hydrogens is 585 g/mol. The Hall–Kier alpha value is -6.13. The fraction of sp³-hybridized carbons (Fsp3) is 0.0682. The molecule has 0 fully saturated rings. The maximum atomic E-state index is 4.60. The number of benzene rings is 6. The summed E-state index contributed by atoms with van der Waals surface area (Å²) < 4.78 is 2.42. The van der Waals surface area contributed by atoms with Gasteiger partial charge < -0.3 is 14.4 Å². The maximum Gasteiger partial charge on any atom is 0.0784 e. The van der Waals surface area contributed by atoms with Crippen LogP contribution < -0.4 is 9.80 Å². The first kappa shape index (κ1) is 27.0. The molecule has 10 rings (SSSR count). The van der Waals surface area contributed by atoms with E-state index in [-0.39, 0.29) is 5.41 Å². The van der Waals surface area contributed by atoms with Crippen LogP contribution in [0, 0.1) is 0 Å². The van der Waals surface area contributed by atoms with E-state index >= 15 is 0 Å². The summed E-state index contributed by atoms with van der Waals surface area (Å²) in [6.45, 7) is 4.72. The monoisotopic (exact) mass is 616 g/mol. The van der Waals surface area contributed by atoms with Crippen molar-refractivity contribution in [3.63, 3.8) is 0 Å². The third kappa shape index (κ3) is 3.68. The molecule has 0 bridgehead atoms. The number of rotatable bonds is 3. The SMILES string of the molecule is CC1(C)c2ccccc2N(c2ccccc2)c2ccc(-c3cc4c5c(c3)c3cnccc3n5-c3ccccc3N4c3ccccc3)cc21. The molecule has 0 saturated heterocycles. The number of nitrogens with zero attached hydrogens (tertiary/aromatic N) is 4. The van der Waals surface area contributed by atoms with Gasteiger partial charge >= 0.3 is 0 Å². The van der Waals surface area contributed by atoms with Crippen molar-refractivity contribution in [3.05, 3.63) is 169 Å². The molecule has 0 saturated carbocycles. The van der Waals surface area contributed by atoms with Crippen LogP contribution in [0.1, 0.15) is 25.0 Å². The third-order valence-electron chi connectivity index (χ3n) is 10.3. The number of aromatic nitrogens is 2. The average Bonchev–Trinajstić information content (AvgIpc) is 3.48. The van der Waals surface area contributed by atoms with Gasteiger partial charge in [-0.15, -0.1) is 0 Å². The molecule has 2 aromatic heterocycles. The first-order valence-corrected chi connectivity index (χ1v) is 16.6. The summed E-state index contributed by atoms with van der Waals surface area (Å²) in [4.78, 5) is 9.44. The van der Waals surface area contributed by atoms with E-state index in [1.807, 2.05) is 12.4 Å². The summed E-state index contributed by atoms with van der Waals surface area (Å²) in [6.07, 6.45) is 3.92. The first-order valence-electron chi connectivity index (χ1n) is 16.6. The predicted octanol–water partition coefficient (Wildman–Crippen LogP) is 11.7. The Labute approximate surface area is 279 Å². The molecule has 2 aliphatic rings. The van der Waals surface area contributed by atoms with Crippen LogP contribution in [-0.2, 0) is 5.41 Å². The second-order valence-corrected chi connectivity index (χ2v) is 13.3. The van der Waals surface area contributed by atoms with E-state index in [0.717, 1.165) is 28.1 Å². The highest BCUT2D eigenvalue weighted by Crippen LogP contribution is 2.54. The van der Waals surface area contributed by atoms with Crippen molar-refractivity contribution < 1.29 is 0 Å². The van der Waals surface area contributed by atoms with Crippen molar-refractivity contribution in [2.45, 2.75) is 19.3 Å². The minimum absolute atomic E-state index is 0.194. The highest BCUT2D eigenvalue weighted by Gasteiger charge is 2.37. The largest absolute Gasteiger partial charge is 0.310 e. The Kier molecular flexibility index (Phi) is 5.59. The Morgan fingerprint density at radius 3 is 1.85 bits per heavy atom. The number of pyridine rings is 1. The van der Waals surface area contributed by atoms with Crippen molar-refractivity contribution in [2.75, 3.05) is 9.80 Å². The minimum Gasteiger partial charge on any atom is -0.310 e. The Morgan fingerprint density at radius 2 is 1.10 bits per heavy atom. The van der Waals surface area contributed by atoms with Crippen molar-refractivity contribution in [2.24, 2.45) is 0 Å². The molecule has 0 amide bonds. The van der Waals surface area contributed by atoms with Crippen LogP contribution in [0.3, 0.4) is 0 Å². The van der Waals surface area contributed by atoms with Crippen LogP contribution in [0.25, 0.3) is 38.6 Å². The molecule has 0 unspecified atom stereocenters. The Morgan fingerprint density at radius 1 is 0.479 bits per heavy atom. The maximum absolute atomic E-state index is 4.60. The molecule has 4 heterocycles. The lowest BCUT2D eigenvalue weighted by molar-refractivity contribution is 0.632. The Balaban J connectivity index is 1.25. The van der Waals surface area contributed by atoms with Crippen molar-refractivity contribution in [3.8, 4) is 16.8 Å². The van der Waals surface area contributed by atoms with Gasteiger partial charge in [0.1, 0.15) is 0 Å². The zero-order chi connectivity index (χ0) is 32.0. The summed E-state index contributed by atoms with van der Waals surface area (Å²) in [6, 6.07) is 53.0. The summed E-state index contributed by atoms with van der Waals surface area (Å²) >= 11 is 0. The zero-order valence-corrected chi connectivity index (χ0v) is 26.8. The third-order valence-corrected chi connectivity index (χ3v) is 10.3. The van der Waals surface area contributed by atoms with E-state index in [4.69, 9.17) is 0 Å². The number of anilines is 6. The predicted molar refractivity (Wildman–Crippen MR) is 199 cm³/mol. The van der Waals surface area contributed by atoms with Gasteiger partial charge in [0, 0.05) is 40.0 Å². The quantitative estimate of drug-likeness (QED) is 0.197. The second kappa shape index (κ2) is 9.93. The van der Waals surface area contributed by atoms with E-state index in [2.05, 4.69) is 179 Å². The molecule has 0 radical (unpaired) electrons. The number of hydrogen-bond acceptors (Lipinski definition) is 3. The first-order chi connectivity index (χ1) is 23.6. The van der Waals surface area contributed by atoms with Crippen LogP contribution in [0.2, 0.25) is 0 Å². The normalized spacial score (nSPS) is 14.1. The van der Waals surface area contributed by atoms with Gasteiger partial charge in [0.25, 0.3) is 0 Å². The summed E-state index contributed by atoms with van der Waals surface area (Å²) in [5.41, 5.74) is 15.4.